The van der Waals surface area contributed by atoms with Crippen LogP contribution in [0.1, 0.15) is 5.56 Å². The van der Waals surface area contributed by atoms with E-state index in [2.05, 4.69) is 15.9 Å². The van der Waals surface area contributed by atoms with Crippen molar-refractivity contribution in [2.75, 3.05) is 20.4 Å². The molecule has 15 heavy (non-hydrogen) atoms. The van der Waals surface area contributed by atoms with Crippen LogP contribution in [0.4, 0.5) is 0 Å². The van der Waals surface area contributed by atoms with Crippen LogP contribution in [-0.2, 0) is 6.42 Å². The summed E-state index contributed by atoms with van der Waals surface area (Å²) in [5, 5.41) is 0. The Morgan fingerprint density at radius 2 is 2.33 bits per heavy atom. The SMILES string of the molecule is COc1c(Br)cc2c(c1CCN)OCO2. The van der Waals surface area contributed by atoms with Gasteiger partial charge in [0.05, 0.1) is 11.6 Å². The molecular weight excluding hydrogens is 262 g/mol. The minimum atomic E-state index is 0.256. The van der Waals surface area contributed by atoms with Gasteiger partial charge >= 0.3 is 0 Å². The molecule has 0 aliphatic carbocycles. The van der Waals surface area contributed by atoms with E-state index >= 15 is 0 Å². The molecule has 1 heterocycles. The maximum atomic E-state index is 5.56. The fraction of sp³-hybridized carbons (Fsp3) is 0.400. The van der Waals surface area contributed by atoms with Crippen molar-refractivity contribution in [3.63, 3.8) is 0 Å². The summed E-state index contributed by atoms with van der Waals surface area (Å²) in [6.07, 6.45) is 0.703. The number of rotatable bonds is 3. The third-order valence-electron chi connectivity index (χ3n) is 2.26. The molecule has 1 aromatic rings. The highest BCUT2D eigenvalue weighted by atomic mass is 79.9. The lowest BCUT2D eigenvalue weighted by molar-refractivity contribution is 0.173. The number of benzene rings is 1. The Morgan fingerprint density at radius 3 is 3.00 bits per heavy atom. The minimum absolute atomic E-state index is 0.256. The van der Waals surface area contributed by atoms with Gasteiger partial charge in [0.15, 0.2) is 11.5 Å². The normalized spacial score (nSPS) is 13.0. The number of halogens is 1. The first-order valence-electron chi connectivity index (χ1n) is 4.63. The van der Waals surface area contributed by atoms with Gasteiger partial charge in [0.2, 0.25) is 6.79 Å². The second-order valence-electron chi connectivity index (χ2n) is 3.14. The Hall–Kier alpha value is -0.940. The number of nitrogens with two attached hydrogens (primary N) is 1. The van der Waals surface area contributed by atoms with Crippen LogP contribution in [0.2, 0.25) is 0 Å². The molecule has 2 N–H and O–H groups in total. The fourth-order valence-corrected chi connectivity index (χ4v) is 2.26. The van der Waals surface area contributed by atoms with Crippen LogP contribution in [0.15, 0.2) is 10.5 Å². The van der Waals surface area contributed by atoms with Gasteiger partial charge in [-0.25, -0.2) is 0 Å². The van der Waals surface area contributed by atoms with Crippen molar-refractivity contribution in [1.29, 1.82) is 0 Å². The Balaban J connectivity index is 2.55. The van der Waals surface area contributed by atoms with Crippen LogP contribution in [0, 0.1) is 0 Å². The molecule has 0 spiro atoms. The van der Waals surface area contributed by atoms with Crippen LogP contribution in [-0.4, -0.2) is 20.4 Å². The predicted molar refractivity (Wildman–Crippen MR) is 59.6 cm³/mol. The minimum Gasteiger partial charge on any atom is -0.495 e. The zero-order valence-corrected chi connectivity index (χ0v) is 9.96. The number of fused-ring (bicyclic) bond motifs is 1. The highest BCUT2D eigenvalue weighted by molar-refractivity contribution is 9.10. The maximum absolute atomic E-state index is 5.56. The lowest BCUT2D eigenvalue weighted by atomic mass is 10.1. The smallest absolute Gasteiger partial charge is 0.231 e. The van der Waals surface area contributed by atoms with Crippen LogP contribution < -0.4 is 19.9 Å². The molecule has 5 heteroatoms. The summed E-state index contributed by atoms with van der Waals surface area (Å²) in [7, 11) is 1.63. The number of hydrogen-bond acceptors (Lipinski definition) is 4. The second kappa shape index (κ2) is 4.28. The lowest BCUT2D eigenvalue weighted by Crippen LogP contribution is -2.06. The molecule has 0 radical (unpaired) electrons. The van der Waals surface area contributed by atoms with Gasteiger partial charge < -0.3 is 19.9 Å². The zero-order valence-electron chi connectivity index (χ0n) is 8.38. The van der Waals surface area contributed by atoms with Crippen molar-refractivity contribution < 1.29 is 14.2 Å². The molecule has 0 fully saturated rings. The van der Waals surface area contributed by atoms with E-state index in [1.54, 1.807) is 7.11 Å². The lowest BCUT2D eigenvalue weighted by Gasteiger charge is -2.12. The van der Waals surface area contributed by atoms with Crippen molar-refractivity contribution in [3.05, 3.63) is 16.1 Å². The van der Waals surface area contributed by atoms with E-state index in [9.17, 15) is 0 Å². The summed E-state index contributed by atoms with van der Waals surface area (Å²) in [5.41, 5.74) is 6.52. The molecular formula is C10H12BrNO3. The summed E-state index contributed by atoms with van der Waals surface area (Å²) < 4.78 is 16.9. The summed E-state index contributed by atoms with van der Waals surface area (Å²) in [6.45, 7) is 0.801. The van der Waals surface area contributed by atoms with E-state index in [4.69, 9.17) is 19.9 Å². The van der Waals surface area contributed by atoms with Gasteiger partial charge in [-0.15, -0.1) is 0 Å². The summed E-state index contributed by atoms with van der Waals surface area (Å²) in [6, 6.07) is 1.85. The molecule has 0 unspecified atom stereocenters. The van der Waals surface area contributed by atoms with Gasteiger partial charge in [0, 0.05) is 11.6 Å². The summed E-state index contributed by atoms with van der Waals surface area (Å²) >= 11 is 3.43. The average molecular weight is 274 g/mol. The van der Waals surface area contributed by atoms with Crippen molar-refractivity contribution in [2.24, 2.45) is 5.73 Å². The first-order chi connectivity index (χ1) is 7.27. The van der Waals surface area contributed by atoms with E-state index in [0.29, 0.717) is 13.0 Å². The summed E-state index contributed by atoms with van der Waals surface area (Å²) in [5.74, 6) is 2.26. The largest absolute Gasteiger partial charge is 0.495 e. The van der Waals surface area contributed by atoms with Gasteiger partial charge in [-0.3, -0.25) is 0 Å². The quantitative estimate of drug-likeness (QED) is 0.911. The molecule has 0 amide bonds. The molecule has 0 atom stereocenters. The van der Waals surface area contributed by atoms with Crippen molar-refractivity contribution >= 4 is 15.9 Å². The van der Waals surface area contributed by atoms with E-state index in [1.807, 2.05) is 6.07 Å². The highest BCUT2D eigenvalue weighted by Gasteiger charge is 2.23. The van der Waals surface area contributed by atoms with Crippen molar-refractivity contribution in [2.45, 2.75) is 6.42 Å². The van der Waals surface area contributed by atoms with Crippen LogP contribution in [0.5, 0.6) is 17.2 Å². The third-order valence-corrected chi connectivity index (χ3v) is 2.85. The first-order valence-corrected chi connectivity index (χ1v) is 5.42. The number of methoxy groups -OCH3 is 1. The number of ether oxygens (including phenoxy) is 3. The molecule has 0 saturated carbocycles. The third kappa shape index (κ3) is 1.77. The topological polar surface area (TPSA) is 53.7 Å². The van der Waals surface area contributed by atoms with Crippen molar-refractivity contribution in [1.82, 2.24) is 0 Å². The van der Waals surface area contributed by atoms with E-state index in [-0.39, 0.29) is 6.79 Å². The highest BCUT2D eigenvalue weighted by Crippen LogP contribution is 2.45. The molecule has 0 bridgehead atoms. The average Bonchev–Trinajstić information content (AvgIpc) is 2.66. The second-order valence-corrected chi connectivity index (χ2v) is 4.00. The van der Waals surface area contributed by atoms with Gasteiger partial charge in [0.1, 0.15) is 5.75 Å². The van der Waals surface area contributed by atoms with Gasteiger partial charge in [-0.1, -0.05) is 0 Å². The molecule has 0 saturated heterocycles. The number of hydrogen-bond donors (Lipinski definition) is 1. The Morgan fingerprint density at radius 1 is 1.53 bits per heavy atom. The van der Waals surface area contributed by atoms with Gasteiger partial charge in [0.25, 0.3) is 0 Å². The van der Waals surface area contributed by atoms with E-state index < -0.39 is 0 Å². The molecule has 2 rings (SSSR count). The molecule has 4 nitrogen and oxygen atoms in total. The Kier molecular flexibility index (Phi) is 3.02. The molecule has 0 aromatic heterocycles. The standard InChI is InChI=1S/C10H12BrNO3/c1-13-9-6(2-3-12)10-8(4-7(9)11)14-5-15-10/h4H,2-3,5,12H2,1H3. The van der Waals surface area contributed by atoms with Gasteiger partial charge in [-0.2, -0.15) is 0 Å². The Labute approximate surface area is 96.4 Å². The van der Waals surface area contributed by atoms with Crippen LogP contribution in [0.25, 0.3) is 0 Å². The molecule has 82 valence electrons. The molecule has 1 aliphatic heterocycles. The Bertz CT molecular complexity index is 378. The monoisotopic (exact) mass is 273 g/mol. The van der Waals surface area contributed by atoms with Crippen molar-refractivity contribution in [3.8, 4) is 17.2 Å². The first kappa shape index (κ1) is 10.6. The fourth-order valence-electron chi connectivity index (χ4n) is 1.65. The van der Waals surface area contributed by atoms with Gasteiger partial charge in [-0.05, 0) is 28.9 Å². The maximum Gasteiger partial charge on any atom is 0.231 e. The van der Waals surface area contributed by atoms with Crippen LogP contribution >= 0.6 is 15.9 Å². The predicted octanol–water partition coefficient (Wildman–Crippen LogP) is 1.69. The zero-order chi connectivity index (χ0) is 10.8. The van der Waals surface area contributed by atoms with Crippen LogP contribution in [0.3, 0.4) is 0 Å². The molecule has 1 aliphatic rings. The molecule has 1 aromatic carbocycles. The summed E-state index contributed by atoms with van der Waals surface area (Å²) in [4.78, 5) is 0. The van der Waals surface area contributed by atoms with E-state index in [1.165, 1.54) is 0 Å². The van der Waals surface area contributed by atoms with E-state index in [0.717, 1.165) is 27.3 Å².